The van der Waals surface area contributed by atoms with E-state index in [0.717, 1.165) is 60.0 Å². The number of nitrogens with zero attached hydrogens (tertiary/aromatic N) is 3. The molecule has 1 aromatic heterocycles. The first kappa shape index (κ1) is 17.8. The van der Waals surface area contributed by atoms with Crippen LogP contribution in [0.15, 0.2) is 83.9 Å². The van der Waals surface area contributed by atoms with E-state index >= 15 is 0 Å². The van der Waals surface area contributed by atoms with E-state index in [2.05, 4.69) is 33.0 Å². The highest BCUT2D eigenvalue weighted by Gasteiger charge is 2.19. The molecular formula is C25H23N3O. The van der Waals surface area contributed by atoms with Crippen molar-refractivity contribution in [3.8, 4) is 0 Å². The molecule has 1 aliphatic rings. The van der Waals surface area contributed by atoms with Gasteiger partial charge in [-0.1, -0.05) is 54.6 Å². The molecule has 0 unspecified atom stereocenters. The van der Waals surface area contributed by atoms with Crippen molar-refractivity contribution in [1.29, 1.82) is 0 Å². The number of rotatable bonds is 3. The molecule has 1 fully saturated rings. The van der Waals surface area contributed by atoms with Gasteiger partial charge < -0.3 is 4.90 Å². The van der Waals surface area contributed by atoms with E-state index in [4.69, 9.17) is 0 Å². The molecule has 29 heavy (non-hydrogen) atoms. The van der Waals surface area contributed by atoms with Crippen molar-refractivity contribution in [2.24, 2.45) is 0 Å². The normalized spacial score (nSPS) is 15.1. The first-order valence-corrected chi connectivity index (χ1v) is 10.1. The number of hydrogen-bond acceptors (Lipinski definition) is 4. The Morgan fingerprint density at radius 2 is 1.52 bits per heavy atom. The summed E-state index contributed by atoms with van der Waals surface area (Å²) in [5.74, 6) is 0. The van der Waals surface area contributed by atoms with Crippen molar-refractivity contribution in [3.63, 3.8) is 0 Å². The maximum atomic E-state index is 13.1. The number of fused-ring (bicyclic) bond motifs is 2. The molecule has 1 saturated heterocycles. The standard InChI is InChI=1S/C25H23N3O/c29-25-21-8-2-1-7-20(21)16-24(22-9-3-4-10-23(22)25)28-14-12-27(13-15-28)18-19-6-5-11-26-17-19/h1-11,16-17H,12-15,18H2. The third kappa shape index (κ3) is 3.47. The van der Waals surface area contributed by atoms with E-state index in [0.29, 0.717) is 0 Å². The number of piperazine rings is 1. The van der Waals surface area contributed by atoms with E-state index in [9.17, 15) is 4.79 Å². The number of aromatic nitrogens is 1. The van der Waals surface area contributed by atoms with E-state index in [1.807, 2.05) is 60.9 Å². The van der Waals surface area contributed by atoms with Crippen molar-refractivity contribution in [1.82, 2.24) is 9.88 Å². The fraction of sp³-hybridized carbons (Fsp3) is 0.200. The quantitative estimate of drug-likeness (QED) is 0.536. The lowest BCUT2D eigenvalue weighted by atomic mass is 10.1. The largest absolute Gasteiger partial charge is 0.368 e. The minimum Gasteiger partial charge on any atom is -0.368 e. The summed E-state index contributed by atoms with van der Waals surface area (Å²) in [4.78, 5) is 22.3. The van der Waals surface area contributed by atoms with Crippen LogP contribution in [0.1, 0.15) is 5.56 Å². The van der Waals surface area contributed by atoms with Gasteiger partial charge in [0.1, 0.15) is 0 Å². The van der Waals surface area contributed by atoms with Gasteiger partial charge in [0.05, 0.1) is 0 Å². The van der Waals surface area contributed by atoms with E-state index in [1.165, 1.54) is 5.56 Å². The predicted octanol–water partition coefficient (Wildman–Crippen LogP) is 4.07. The first-order chi connectivity index (χ1) is 14.3. The topological polar surface area (TPSA) is 36.4 Å². The van der Waals surface area contributed by atoms with Crippen molar-refractivity contribution < 1.29 is 0 Å². The molecule has 4 nitrogen and oxygen atoms in total. The van der Waals surface area contributed by atoms with E-state index in [-0.39, 0.29) is 5.43 Å². The van der Waals surface area contributed by atoms with E-state index in [1.54, 1.807) is 0 Å². The molecule has 2 heterocycles. The lowest BCUT2D eigenvalue weighted by molar-refractivity contribution is 0.250. The molecule has 0 saturated carbocycles. The maximum absolute atomic E-state index is 13.1. The number of hydrogen-bond donors (Lipinski definition) is 0. The minimum absolute atomic E-state index is 0.109. The van der Waals surface area contributed by atoms with Gasteiger partial charge >= 0.3 is 0 Å². The number of anilines is 1. The van der Waals surface area contributed by atoms with Crippen LogP contribution in [-0.4, -0.2) is 36.1 Å². The fourth-order valence-electron chi connectivity index (χ4n) is 4.26. The molecule has 0 N–H and O–H groups in total. The average molecular weight is 381 g/mol. The van der Waals surface area contributed by atoms with Gasteiger partial charge in [0.25, 0.3) is 0 Å². The minimum atomic E-state index is 0.109. The Labute approximate surface area is 170 Å². The van der Waals surface area contributed by atoms with Gasteiger partial charge in [-0.15, -0.1) is 0 Å². The van der Waals surface area contributed by atoms with Crippen molar-refractivity contribution >= 4 is 27.2 Å². The monoisotopic (exact) mass is 381 g/mol. The SMILES string of the molecule is O=c1c2ccccc2cc(N2CCN(Cc3cccnc3)CC2)c2ccccc12. The zero-order valence-electron chi connectivity index (χ0n) is 16.3. The number of benzene rings is 2. The van der Waals surface area contributed by atoms with Gasteiger partial charge in [-0.05, 0) is 23.1 Å². The van der Waals surface area contributed by atoms with Crippen LogP contribution in [0, 0.1) is 0 Å². The molecule has 3 aromatic carbocycles. The molecule has 5 rings (SSSR count). The summed E-state index contributed by atoms with van der Waals surface area (Å²) in [7, 11) is 0. The average Bonchev–Trinajstić information content (AvgIpc) is 2.90. The Hall–Kier alpha value is -3.24. The zero-order chi connectivity index (χ0) is 19.6. The van der Waals surface area contributed by atoms with Crippen molar-refractivity contribution in [3.05, 3.63) is 94.9 Å². The fourth-order valence-corrected chi connectivity index (χ4v) is 4.26. The van der Waals surface area contributed by atoms with Crippen molar-refractivity contribution in [2.75, 3.05) is 31.1 Å². The Bertz CT molecular complexity index is 1220. The van der Waals surface area contributed by atoms with Gasteiger partial charge in [-0.3, -0.25) is 14.7 Å². The maximum Gasteiger partial charge on any atom is 0.194 e. The van der Waals surface area contributed by atoms with Crippen LogP contribution in [0.5, 0.6) is 0 Å². The van der Waals surface area contributed by atoms with Crippen LogP contribution in [0.3, 0.4) is 0 Å². The van der Waals surface area contributed by atoms with Crippen LogP contribution < -0.4 is 10.3 Å². The Morgan fingerprint density at radius 1 is 0.793 bits per heavy atom. The van der Waals surface area contributed by atoms with Crippen molar-refractivity contribution in [2.45, 2.75) is 6.54 Å². The highest BCUT2D eigenvalue weighted by molar-refractivity contribution is 6.01. The summed E-state index contributed by atoms with van der Waals surface area (Å²) < 4.78 is 0. The van der Waals surface area contributed by atoms with Gasteiger partial charge in [-0.25, -0.2) is 0 Å². The number of pyridine rings is 1. The molecule has 0 bridgehead atoms. The molecule has 0 spiro atoms. The van der Waals surface area contributed by atoms with Crippen LogP contribution in [0.2, 0.25) is 0 Å². The van der Waals surface area contributed by atoms with Gasteiger partial charge in [0.15, 0.2) is 5.43 Å². The van der Waals surface area contributed by atoms with Crippen LogP contribution >= 0.6 is 0 Å². The summed E-state index contributed by atoms with van der Waals surface area (Å²) in [6.07, 6.45) is 3.76. The Morgan fingerprint density at radius 3 is 2.28 bits per heavy atom. The molecule has 4 heteroatoms. The van der Waals surface area contributed by atoms with Crippen LogP contribution in [0.25, 0.3) is 21.5 Å². The zero-order valence-corrected chi connectivity index (χ0v) is 16.3. The summed E-state index contributed by atoms with van der Waals surface area (Å²) in [5, 5.41) is 3.61. The van der Waals surface area contributed by atoms with Crippen LogP contribution in [0.4, 0.5) is 5.69 Å². The summed E-state index contributed by atoms with van der Waals surface area (Å²) in [6.45, 7) is 4.79. The second-order valence-electron chi connectivity index (χ2n) is 7.62. The molecule has 1 aliphatic heterocycles. The lowest BCUT2D eigenvalue weighted by Gasteiger charge is -2.36. The molecule has 0 amide bonds. The third-order valence-electron chi connectivity index (χ3n) is 5.79. The summed E-state index contributed by atoms with van der Waals surface area (Å²) >= 11 is 0. The highest BCUT2D eigenvalue weighted by atomic mass is 16.1. The van der Waals surface area contributed by atoms with Gasteiger partial charge in [0.2, 0.25) is 0 Å². The first-order valence-electron chi connectivity index (χ1n) is 10.1. The molecule has 4 aromatic rings. The highest BCUT2D eigenvalue weighted by Crippen LogP contribution is 2.28. The Balaban J connectivity index is 1.50. The van der Waals surface area contributed by atoms with Gasteiger partial charge in [0, 0.05) is 67.0 Å². The Kier molecular flexibility index (Phi) is 4.70. The molecular weight excluding hydrogens is 358 g/mol. The predicted molar refractivity (Wildman–Crippen MR) is 119 cm³/mol. The second-order valence-corrected chi connectivity index (χ2v) is 7.62. The smallest absolute Gasteiger partial charge is 0.194 e. The lowest BCUT2D eigenvalue weighted by Crippen LogP contribution is -2.46. The molecule has 0 aliphatic carbocycles. The molecule has 0 radical (unpaired) electrons. The van der Waals surface area contributed by atoms with Crippen LogP contribution in [-0.2, 0) is 6.54 Å². The van der Waals surface area contributed by atoms with E-state index < -0.39 is 0 Å². The summed E-state index contributed by atoms with van der Waals surface area (Å²) in [6, 6.07) is 22.2. The van der Waals surface area contributed by atoms with Gasteiger partial charge in [-0.2, -0.15) is 0 Å². The molecule has 144 valence electrons. The molecule has 0 atom stereocenters. The second kappa shape index (κ2) is 7.64. The summed E-state index contributed by atoms with van der Waals surface area (Å²) in [5.41, 5.74) is 2.51. The third-order valence-corrected chi connectivity index (χ3v) is 5.79.